The number of sulfonamides is 1. The van der Waals surface area contributed by atoms with Crippen molar-refractivity contribution in [2.24, 2.45) is 0 Å². The molecule has 0 radical (unpaired) electrons. The fourth-order valence-electron chi connectivity index (χ4n) is 3.57. The lowest BCUT2D eigenvalue weighted by Crippen LogP contribution is -2.28. The largest absolute Gasteiger partial charge is 0.474 e. The minimum absolute atomic E-state index is 0.133. The first-order valence-electron chi connectivity index (χ1n) is 12.2. The summed E-state index contributed by atoms with van der Waals surface area (Å²) in [6, 6.07) is 14.2. The second-order valence-electron chi connectivity index (χ2n) is 9.00. The number of nitrogens with one attached hydrogen (secondary N) is 1. The quantitative estimate of drug-likeness (QED) is 0.232. The van der Waals surface area contributed by atoms with Crippen molar-refractivity contribution in [1.82, 2.24) is 4.98 Å². The number of rotatable bonds is 10. The Morgan fingerprint density at radius 1 is 1.20 bits per heavy atom. The molecule has 1 amide bonds. The first kappa shape index (κ1) is 31.1. The predicted molar refractivity (Wildman–Crippen MR) is 146 cm³/mol. The van der Waals surface area contributed by atoms with Gasteiger partial charge in [0.15, 0.2) is 0 Å². The molecule has 1 unspecified atom stereocenters. The van der Waals surface area contributed by atoms with E-state index >= 15 is 0 Å². The Kier molecular flexibility index (Phi) is 9.72. The molecule has 1 heterocycles. The molecule has 0 aliphatic heterocycles. The van der Waals surface area contributed by atoms with Gasteiger partial charge in [-0.15, -0.1) is 0 Å². The number of benzene rings is 2. The third-order valence-electron chi connectivity index (χ3n) is 5.71. The third-order valence-corrected chi connectivity index (χ3v) is 6.28. The zero-order valence-electron chi connectivity index (χ0n) is 22.2. The summed E-state index contributed by atoms with van der Waals surface area (Å²) in [5.74, 6) is -1.93. The van der Waals surface area contributed by atoms with Gasteiger partial charge in [-0.3, -0.25) is 9.52 Å². The fourth-order valence-corrected chi connectivity index (χ4v) is 4.15. The van der Waals surface area contributed by atoms with Gasteiger partial charge in [0.25, 0.3) is 5.91 Å². The van der Waals surface area contributed by atoms with E-state index < -0.39 is 45.4 Å². The number of amides is 1. The maximum absolute atomic E-state index is 14.8. The molecule has 0 aliphatic rings. The topological polar surface area (TPSA) is 112 Å². The summed E-state index contributed by atoms with van der Waals surface area (Å²) in [6.45, 7) is 3.24. The number of para-hydroxylation sites is 1. The van der Waals surface area contributed by atoms with E-state index in [0.717, 1.165) is 30.5 Å². The van der Waals surface area contributed by atoms with Crippen LogP contribution in [0.1, 0.15) is 42.7 Å². The molecule has 41 heavy (non-hydrogen) atoms. The molecular formula is C28H26F4N4O4S. The van der Waals surface area contributed by atoms with E-state index in [2.05, 4.69) is 4.98 Å². The molecule has 0 saturated heterocycles. The van der Waals surface area contributed by atoms with E-state index in [9.17, 15) is 36.0 Å². The van der Waals surface area contributed by atoms with Crippen LogP contribution < -0.4 is 14.4 Å². The average Bonchev–Trinajstić information content (AvgIpc) is 2.91. The summed E-state index contributed by atoms with van der Waals surface area (Å²) in [7, 11) is -3.87. The van der Waals surface area contributed by atoms with Crippen LogP contribution in [0.3, 0.4) is 0 Å². The summed E-state index contributed by atoms with van der Waals surface area (Å²) in [5.41, 5.74) is -1.23. The molecule has 1 atom stereocenters. The Morgan fingerprint density at radius 2 is 1.88 bits per heavy atom. The fraction of sp³-hybridized carbons (Fsp3) is 0.250. The molecule has 3 rings (SSSR count). The van der Waals surface area contributed by atoms with Gasteiger partial charge in [-0.1, -0.05) is 25.1 Å². The van der Waals surface area contributed by atoms with Crippen molar-refractivity contribution < 1.29 is 35.5 Å². The number of hydrogen-bond donors (Lipinski definition) is 1. The van der Waals surface area contributed by atoms with Gasteiger partial charge in [-0.05, 0) is 61.4 Å². The number of anilines is 2. The Labute approximate surface area is 234 Å². The smallest absolute Gasteiger partial charge is 0.433 e. The molecule has 1 N–H and O–H groups in total. The van der Waals surface area contributed by atoms with Gasteiger partial charge >= 0.3 is 6.18 Å². The molecule has 8 nitrogen and oxygen atoms in total. The maximum Gasteiger partial charge on any atom is 0.433 e. The highest BCUT2D eigenvalue weighted by Crippen LogP contribution is 2.31. The first-order valence-corrected chi connectivity index (χ1v) is 14.1. The number of nitrogens with zero attached hydrogens (tertiary/aromatic N) is 3. The van der Waals surface area contributed by atoms with Gasteiger partial charge in [-0.25, -0.2) is 17.8 Å². The van der Waals surface area contributed by atoms with Crippen LogP contribution in [-0.4, -0.2) is 31.7 Å². The molecule has 1 aromatic heterocycles. The molecule has 0 spiro atoms. The van der Waals surface area contributed by atoms with Crippen LogP contribution in [0, 0.1) is 17.1 Å². The molecule has 0 aliphatic carbocycles. The SMILES string of the molecule is CCC(C)Oc1nc(C(F)(F)F)ccc1/C=C\C(=O)N(Cc1cc(F)c(NS(C)(=O)=O)c(C#N)c1)c1ccccc1. The number of alkyl halides is 3. The Balaban J connectivity index is 1.99. The lowest BCUT2D eigenvalue weighted by molar-refractivity contribution is -0.141. The molecule has 13 heteroatoms. The van der Waals surface area contributed by atoms with Gasteiger partial charge in [0.1, 0.15) is 23.3 Å². The molecule has 3 aromatic rings. The summed E-state index contributed by atoms with van der Waals surface area (Å²) >= 11 is 0. The minimum atomic E-state index is -4.69. The van der Waals surface area contributed by atoms with Crippen LogP contribution in [0.2, 0.25) is 0 Å². The summed E-state index contributed by atoms with van der Waals surface area (Å²) in [6.07, 6.45) is -1.44. The van der Waals surface area contributed by atoms with Crippen molar-refractivity contribution in [3.05, 3.63) is 88.9 Å². The zero-order chi connectivity index (χ0) is 30.4. The van der Waals surface area contributed by atoms with E-state index in [1.54, 1.807) is 50.2 Å². The van der Waals surface area contributed by atoms with Crippen molar-refractivity contribution in [3.63, 3.8) is 0 Å². The lowest BCUT2D eigenvalue weighted by atomic mass is 10.1. The van der Waals surface area contributed by atoms with Crippen LogP contribution in [0.25, 0.3) is 6.08 Å². The van der Waals surface area contributed by atoms with Crippen LogP contribution in [-0.2, 0) is 27.5 Å². The van der Waals surface area contributed by atoms with Gasteiger partial charge in [0.2, 0.25) is 15.9 Å². The van der Waals surface area contributed by atoms with Gasteiger partial charge in [0, 0.05) is 17.3 Å². The number of aromatic nitrogens is 1. The Bertz CT molecular complexity index is 1590. The number of pyridine rings is 1. The van der Waals surface area contributed by atoms with Crippen molar-refractivity contribution in [3.8, 4) is 11.9 Å². The van der Waals surface area contributed by atoms with Crippen LogP contribution in [0.4, 0.5) is 28.9 Å². The molecule has 0 fully saturated rings. The van der Waals surface area contributed by atoms with Gasteiger partial charge in [-0.2, -0.15) is 18.4 Å². The molecule has 0 bridgehead atoms. The highest BCUT2D eigenvalue weighted by atomic mass is 32.2. The number of carbonyl (C=O) groups is 1. The summed E-state index contributed by atoms with van der Waals surface area (Å²) in [5, 5.41) is 9.48. The zero-order valence-corrected chi connectivity index (χ0v) is 23.1. The molecule has 0 saturated carbocycles. The van der Waals surface area contributed by atoms with Crippen molar-refractivity contribution in [1.29, 1.82) is 5.26 Å². The van der Waals surface area contributed by atoms with E-state index in [-0.39, 0.29) is 29.1 Å². The van der Waals surface area contributed by atoms with E-state index in [1.165, 1.54) is 17.0 Å². The predicted octanol–water partition coefficient (Wildman–Crippen LogP) is 5.91. The minimum Gasteiger partial charge on any atom is -0.474 e. The monoisotopic (exact) mass is 590 g/mol. The second-order valence-corrected chi connectivity index (χ2v) is 10.8. The van der Waals surface area contributed by atoms with Crippen molar-refractivity contribution in [2.45, 2.75) is 39.1 Å². The Hall–Kier alpha value is -4.44. The average molecular weight is 591 g/mol. The summed E-state index contributed by atoms with van der Waals surface area (Å²) < 4.78 is 85.3. The molecular weight excluding hydrogens is 564 g/mol. The first-order chi connectivity index (χ1) is 19.2. The van der Waals surface area contributed by atoms with E-state index in [1.807, 2.05) is 4.72 Å². The lowest BCUT2D eigenvalue weighted by Gasteiger charge is -2.22. The maximum atomic E-state index is 14.8. The molecule has 2 aromatic carbocycles. The van der Waals surface area contributed by atoms with Crippen molar-refractivity contribution in [2.75, 3.05) is 15.9 Å². The normalized spacial score (nSPS) is 12.5. The van der Waals surface area contributed by atoms with E-state index in [4.69, 9.17) is 4.74 Å². The van der Waals surface area contributed by atoms with E-state index in [0.29, 0.717) is 12.1 Å². The number of halogens is 4. The molecule has 216 valence electrons. The number of ether oxygens (including phenoxy) is 1. The Morgan fingerprint density at radius 3 is 2.46 bits per heavy atom. The second kappa shape index (κ2) is 12.8. The number of hydrogen-bond acceptors (Lipinski definition) is 6. The number of carbonyl (C=O) groups excluding carboxylic acids is 1. The van der Waals surface area contributed by atoms with Gasteiger partial charge in [0.05, 0.1) is 24.5 Å². The van der Waals surface area contributed by atoms with Gasteiger partial charge < -0.3 is 9.64 Å². The van der Waals surface area contributed by atoms with Crippen LogP contribution >= 0.6 is 0 Å². The third kappa shape index (κ3) is 8.52. The van der Waals surface area contributed by atoms with Crippen LogP contribution in [0.5, 0.6) is 5.88 Å². The highest BCUT2D eigenvalue weighted by Gasteiger charge is 2.33. The van der Waals surface area contributed by atoms with Crippen LogP contribution in [0.15, 0.2) is 60.7 Å². The number of nitriles is 1. The summed E-state index contributed by atoms with van der Waals surface area (Å²) in [4.78, 5) is 18.2. The highest BCUT2D eigenvalue weighted by molar-refractivity contribution is 7.92. The standard InChI is InChI=1S/C28H26F4N4O4S/c1-4-18(2)40-27-20(10-12-24(34-27)28(30,31)32)11-13-25(37)36(22-8-6-5-7-9-22)17-19-14-21(16-33)26(23(29)15-19)35-41(3,38)39/h5-15,18,35H,4,17H2,1-3H3/b13-11-. The van der Waals surface area contributed by atoms with Crippen molar-refractivity contribution >= 4 is 33.4 Å².